The molecule has 9 nitrogen and oxygen atoms in total. The van der Waals surface area contributed by atoms with E-state index in [-0.39, 0.29) is 29.7 Å². The number of carbonyl (C=O) groups excluding carboxylic acids is 2. The number of rotatable bonds is 7. The van der Waals surface area contributed by atoms with E-state index in [9.17, 15) is 35.6 Å². The highest BCUT2D eigenvalue weighted by Gasteiger charge is 2.49. The summed E-state index contributed by atoms with van der Waals surface area (Å²) in [5, 5.41) is 7.54. The highest BCUT2D eigenvalue weighted by molar-refractivity contribution is 7.88. The summed E-state index contributed by atoms with van der Waals surface area (Å²) in [6, 6.07) is 6.97. The molecule has 15 heteroatoms. The van der Waals surface area contributed by atoms with Crippen LogP contribution in [0, 0.1) is 12.7 Å². The fourth-order valence-corrected chi connectivity index (χ4v) is 6.38. The number of benzene rings is 2. The molecule has 42 heavy (non-hydrogen) atoms. The fourth-order valence-electron chi connectivity index (χ4n) is 5.65. The first-order valence-electron chi connectivity index (χ1n) is 13.3. The molecule has 226 valence electrons. The zero-order chi connectivity index (χ0) is 30.4. The molecule has 0 aliphatic carbocycles. The van der Waals surface area contributed by atoms with Crippen LogP contribution in [0.5, 0.6) is 5.75 Å². The minimum atomic E-state index is -5.98. The van der Waals surface area contributed by atoms with E-state index in [1.54, 1.807) is 4.68 Å². The van der Waals surface area contributed by atoms with Crippen LogP contribution in [0.25, 0.3) is 10.9 Å². The smallest absolute Gasteiger partial charge is 0.374 e. The van der Waals surface area contributed by atoms with Gasteiger partial charge >= 0.3 is 15.6 Å². The van der Waals surface area contributed by atoms with Crippen LogP contribution >= 0.6 is 11.6 Å². The van der Waals surface area contributed by atoms with E-state index in [4.69, 9.17) is 11.6 Å². The van der Waals surface area contributed by atoms with Crippen LogP contribution in [0.15, 0.2) is 30.3 Å². The topological polar surface area (TPSA) is 111 Å². The molecule has 0 spiro atoms. The maximum atomic E-state index is 14.8. The Morgan fingerprint density at radius 2 is 1.86 bits per heavy atom. The van der Waals surface area contributed by atoms with E-state index >= 15 is 0 Å². The molecule has 3 heterocycles. The Bertz CT molecular complexity index is 1650. The van der Waals surface area contributed by atoms with Crippen LogP contribution in [-0.2, 0) is 26.1 Å². The van der Waals surface area contributed by atoms with E-state index in [0.29, 0.717) is 51.4 Å². The Morgan fingerprint density at radius 3 is 2.52 bits per heavy atom. The lowest BCUT2D eigenvalue weighted by molar-refractivity contribution is -0.135. The highest BCUT2D eigenvalue weighted by Crippen LogP contribution is 2.38. The van der Waals surface area contributed by atoms with Gasteiger partial charge in [0.2, 0.25) is 5.91 Å². The van der Waals surface area contributed by atoms with Gasteiger partial charge in [0.1, 0.15) is 11.9 Å². The molecule has 2 saturated heterocycles. The van der Waals surface area contributed by atoms with Crippen molar-refractivity contribution in [1.82, 2.24) is 20.0 Å². The van der Waals surface area contributed by atoms with Crippen LogP contribution in [0.1, 0.15) is 54.5 Å². The number of aromatic nitrogens is 2. The quantitative estimate of drug-likeness (QED) is 0.173. The second kappa shape index (κ2) is 11.5. The number of imide groups is 1. The number of halogens is 5. The van der Waals surface area contributed by atoms with E-state index in [2.05, 4.69) is 19.5 Å². The minimum absolute atomic E-state index is 0.192. The monoisotopic (exact) mass is 630 g/mol. The average molecular weight is 631 g/mol. The van der Waals surface area contributed by atoms with Crippen LogP contribution in [-0.4, -0.2) is 60.1 Å². The van der Waals surface area contributed by atoms with Gasteiger partial charge in [-0.05, 0) is 74.9 Å². The summed E-state index contributed by atoms with van der Waals surface area (Å²) in [5.74, 6) is -2.72. The number of hydrogen-bond acceptors (Lipinski definition) is 7. The molecule has 2 aliphatic heterocycles. The predicted octanol–water partition coefficient (Wildman–Crippen LogP) is 4.77. The van der Waals surface area contributed by atoms with Gasteiger partial charge < -0.3 is 9.08 Å². The molecule has 2 amide bonds. The number of nitrogens with zero attached hydrogens (tertiary/aromatic N) is 3. The molecular formula is C27H27ClF4N4O5S. The summed E-state index contributed by atoms with van der Waals surface area (Å²) in [5.41, 5.74) is -2.81. The molecular weight excluding hydrogens is 604 g/mol. The zero-order valence-electron chi connectivity index (χ0n) is 22.4. The van der Waals surface area contributed by atoms with Gasteiger partial charge in [-0.2, -0.15) is 26.7 Å². The van der Waals surface area contributed by atoms with Gasteiger partial charge in [0, 0.05) is 24.4 Å². The standard InChI is InChI=1S/C27H27ClF4N4O5S/c1-15-25-17(3-2-4-21(25)36(34-15)22-5-6-24(37)33-26(22)38)9-12-35-10-7-16(8-11-35)18-13-19(28)23(14-20(18)29)41-42(39,40)27(30,31)32/h2-4,13-14,16,22H,5-12H2,1H3,(H,33,37,38). The van der Waals surface area contributed by atoms with E-state index in [1.165, 1.54) is 0 Å². The molecule has 1 aromatic heterocycles. The van der Waals surface area contributed by atoms with Gasteiger partial charge in [0.05, 0.1) is 16.2 Å². The highest BCUT2D eigenvalue weighted by atomic mass is 35.5. The van der Waals surface area contributed by atoms with E-state index in [1.807, 2.05) is 25.1 Å². The van der Waals surface area contributed by atoms with Crippen LogP contribution in [0.3, 0.4) is 0 Å². The number of nitrogens with one attached hydrogen (secondary N) is 1. The Hall–Kier alpha value is -3.23. The predicted molar refractivity (Wildman–Crippen MR) is 145 cm³/mol. The lowest BCUT2D eigenvalue weighted by Crippen LogP contribution is -2.42. The largest absolute Gasteiger partial charge is 0.534 e. The van der Waals surface area contributed by atoms with Crippen molar-refractivity contribution in [2.75, 3.05) is 19.6 Å². The van der Waals surface area contributed by atoms with E-state index in [0.717, 1.165) is 28.2 Å². The van der Waals surface area contributed by atoms with Gasteiger partial charge in [0.15, 0.2) is 5.75 Å². The summed E-state index contributed by atoms with van der Waals surface area (Å²) in [4.78, 5) is 26.3. The van der Waals surface area contributed by atoms with Crippen molar-refractivity contribution in [3.8, 4) is 5.75 Å². The number of hydrogen-bond donors (Lipinski definition) is 1. The molecule has 1 N–H and O–H groups in total. The third-order valence-corrected chi connectivity index (χ3v) is 9.02. The Kier molecular flexibility index (Phi) is 8.25. The number of piperidine rings is 2. The third kappa shape index (κ3) is 5.97. The third-order valence-electron chi connectivity index (χ3n) is 7.76. The average Bonchev–Trinajstić information content (AvgIpc) is 3.25. The van der Waals surface area contributed by atoms with Crippen LogP contribution in [0.2, 0.25) is 5.02 Å². The van der Waals surface area contributed by atoms with Crippen molar-refractivity contribution in [3.63, 3.8) is 0 Å². The first-order valence-corrected chi connectivity index (χ1v) is 15.1. The molecule has 3 aromatic rings. The molecule has 2 aliphatic rings. The summed E-state index contributed by atoms with van der Waals surface area (Å²) < 4.78 is 81.1. The van der Waals surface area contributed by atoms with Crippen molar-refractivity contribution in [1.29, 1.82) is 0 Å². The SMILES string of the molecule is Cc1nn(C2CCC(=O)NC2=O)c2cccc(CCN3CCC(c4cc(Cl)c(OS(=O)(=O)C(F)(F)F)cc4F)CC3)c12. The number of amides is 2. The first-order chi connectivity index (χ1) is 19.7. The molecule has 1 atom stereocenters. The normalized spacial score (nSPS) is 19.3. The summed E-state index contributed by atoms with van der Waals surface area (Å²) in [7, 11) is -5.98. The van der Waals surface area contributed by atoms with Crippen molar-refractivity contribution >= 4 is 44.4 Å². The minimum Gasteiger partial charge on any atom is -0.374 e. The van der Waals surface area contributed by atoms with Gasteiger partial charge in [-0.1, -0.05) is 23.7 Å². The van der Waals surface area contributed by atoms with E-state index < -0.39 is 38.3 Å². The maximum absolute atomic E-state index is 14.8. The summed E-state index contributed by atoms with van der Waals surface area (Å²) in [6.45, 7) is 3.86. The number of likely N-dealkylation sites (tertiary alicyclic amines) is 1. The second-order valence-electron chi connectivity index (χ2n) is 10.5. The molecule has 0 radical (unpaired) electrons. The molecule has 0 bridgehead atoms. The second-order valence-corrected chi connectivity index (χ2v) is 12.4. The number of aryl methyl sites for hydroxylation is 1. The van der Waals surface area contributed by atoms with Crippen molar-refractivity contribution in [3.05, 3.63) is 58.0 Å². The first kappa shape index (κ1) is 30.2. The number of alkyl halides is 3. The Labute approximate surface area is 243 Å². The van der Waals surface area contributed by atoms with Gasteiger partial charge in [-0.25, -0.2) is 4.39 Å². The fraction of sp³-hybridized carbons (Fsp3) is 0.444. The molecule has 2 fully saturated rings. The number of fused-ring (bicyclic) bond motifs is 1. The molecule has 0 saturated carbocycles. The van der Waals surface area contributed by atoms with Crippen molar-refractivity contribution in [2.45, 2.75) is 56.5 Å². The van der Waals surface area contributed by atoms with Gasteiger partial charge in [-0.3, -0.25) is 19.6 Å². The zero-order valence-corrected chi connectivity index (χ0v) is 24.0. The lowest BCUT2D eigenvalue weighted by Gasteiger charge is -2.32. The molecule has 5 rings (SSSR count). The Morgan fingerprint density at radius 1 is 1.14 bits per heavy atom. The van der Waals surface area contributed by atoms with Crippen LogP contribution in [0.4, 0.5) is 17.6 Å². The summed E-state index contributed by atoms with van der Waals surface area (Å²) in [6.07, 6.45) is 2.45. The lowest BCUT2D eigenvalue weighted by atomic mass is 9.89. The van der Waals surface area contributed by atoms with Crippen molar-refractivity contribution < 1.29 is 39.8 Å². The summed E-state index contributed by atoms with van der Waals surface area (Å²) >= 11 is 5.97. The van der Waals surface area contributed by atoms with Gasteiger partial charge in [0.25, 0.3) is 5.91 Å². The Balaban J connectivity index is 1.23. The van der Waals surface area contributed by atoms with Crippen LogP contribution < -0.4 is 9.50 Å². The van der Waals surface area contributed by atoms with Gasteiger partial charge in [-0.15, -0.1) is 0 Å². The number of carbonyl (C=O) groups is 2. The van der Waals surface area contributed by atoms with Crippen molar-refractivity contribution in [2.24, 2.45) is 0 Å². The molecule has 1 unspecified atom stereocenters. The maximum Gasteiger partial charge on any atom is 0.534 e. The molecule has 2 aromatic carbocycles.